The SMILES string of the molecule is CN(Cc1ccccc1N1CCCC1)C(=O)Cc1cn2ccsc2n1. The predicted octanol–water partition coefficient (Wildman–Crippen LogP) is 3.20. The number of hydrogen-bond acceptors (Lipinski definition) is 4. The minimum atomic E-state index is 0.0991. The van der Waals surface area contributed by atoms with E-state index >= 15 is 0 Å². The first-order valence-electron chi connectivity index (χ1n) is 8.68. The van der Waals surface area contributed by atoms with Gasteiger partial charge in [-0.25, -0.2) is 4.98 Å². The van der Waals surface area contributed by atoms with Crippen LogP contribution in [0.3, 0.4) is 0 Å². The second kappa shape index (κ2) is 6.88. The Morgan fingerprint density at radius 2 is 2.08 bits per heavy atom. The first kappa shape index (κ1) is 16.1. The maximum Gasteiger partial charge on any atom is 0.228 e. The van der Waals surface area contributed by atoms with Gasteiger partial charge < -0.3 is 9.80 Å². The maximum absolute atomic E-state index is 12.6. The number of nitrogens with zero attached hydrogens (tertiary/aromatic N) is 4. The molecule has 0 N–H and O–H groups in total. The lowest BCUT2D eigenvalue weighted by Gasteiger charge is -2.24. The molecule has 1 aliphatic rings. The van der Waals surface area contributed by atoms with E-state index in [0.717, 1.165) is 23.7 Å². The van der Waals surface area contributed by atoms with Gasteiger partial charge in [-0.15, -0.1) is 11.3 Å². The van der Waals surface area contributed by atoms with E-state index in [1.807, 2.05) is 34.1 Å². The number of rotatable bonds is 5. The molecule has 1 amide bonds. The summed E-state index contributed by atoms with van der Waals surface area (Å²) >= 11 is 1.58. The van der Waals surface area contributed by atoms with E-state index in [-0.39, 0.29) is 5.91 Å². The van der Waals surface area contributed by atoms with E-state index in [9.17, 15) is 4.79 Å². The zero-order valence-electron chi connectivity index (χ0n) is 14.4. The number of anilines is 1. The van der Waals surface area contributed by atoms with Gasteiger partial charge in [0.1, 0.15) is 0 Å². The Morgan fingerprint density at radius 3 is 2.88 bits per heavy atom. The third-order valence-electron chi connectivity index (χ3n) is 4.75. The quantitative estimate of drug-likeness (QED) is 0.706. The van der Waals surface area contributed by atoms with Crippen molar-refractivity contribution in [2.45, 2.75) is 25.8 Å². The molecule has 0 aliphatic carbocycles. The van der Waals surface area contributed by atoms with Gasteiger partial charge >= 0.3 is 0 Å². The highest BCUT2D eigenvalue weighted by molar-refractivity contribution is 7.15. The number of carbonyl (C=O) groups is 1. The molecule has 0 saturated carbocycles. The number of benzene rings is 1. The van der Waals surface area contributed by atoms with Crippen molar-refractivity contribution in [3.63, 3.8) is 0 Å². The second-order valence-electron chi connectivity index (χ2n) is 6.57. The monoisotopic (exact) mass is 354 g/mol. The molecule has 4 rings (SSSR count). The van der Waals surface area contributed by atoms with E-state index < -0.39 is 0 Å². The van der Waals surface area contributed by atoms with E-state index in [0.29, 0.717) is 13.0 Å². The minimum absolute atomic E-state index is 0.0991. The second-order valence-corrected chi connectivity index (χ2v) is 7.45. The minimum Gasteiger partial charge on any atom is -0.371 e. The number of thiazole rings is 1. The lowest BCUT2D eigenvalue weighted by Crippen LogP contribution is -2.29. The van der Waals surface area contributed by atoms with Gasteiger partial charge in [0.2, 0.25) is 5.91 Å². The first-order valence-corrected chi connectivity index (χ1v) is 9.56. The van der Waals surface area contributed by atoms with Crippen LogP contribution in [0.5, 0.6) is 0 Å². The number of fused-ring (bicyclic) bond motifs is 1. The number of aromatic nitrogens is 2. The topological polar surface area (TPSA) is 40.9 Å². The van der Waals surface area contributed by atoms with E-state index in [2.05, 4.69) is 34.1 Å². The molecule has 6 heteroatoms. The zero-order chi connectivity index (χ0) is 17.2. The average Bonchev–Trinajstić information content (AvgIpc) is 3.32. The highest BCUT2D eigenvalue weighted by Crippen LogP contribution is 2.25. The lowest BCUT2D eigenvalue weighted by molar-refractivity contribution is -0.129. The summed E-state index contributed by atoms with van der Waals surface area (Å²) in [6, 6.07) is 8.43. The molecule has 1 aromatic carbocycles. The van der Waals surface area contributed by atoms with Crippen molar-refractivity contribution in [3.8, 4) is 0 Å². The summed E-state index contributed by atoms with van der Waals surface area (Å²) < 4.78 is 1.97. The highest BCUT2D eigenvalue weighted by Gasteiger charge is 2.18. The molecule has 0 unspecified atom stereocenters. The van der Waals surface area contributed by atoms with Crippen molar-refractivity contribution in [2.75, 3.05) is 25.0 Å². The summed E-state index contributed by atoms with van der Waals surface area (Å²) in [5, 5.41) is 2.00. The smallest absolute Gasteiger partial charge is 0.228 e. The van der Waals surface area contributed by atoms with Gasteiger partial charge in [-0.3, -0.25) is 9.20 Å². The van der Waals surface area contributed by atoms with E-state index in [4.69, 9.17) is 0 Å². The van der Waals surface area contributed by atoms with Gasteiger partial charge in [0.15, 0.2) is 4.96 Å². The molecule has 0 atom stereocenters. The molecule has 0 bridgehead atoms. The standard InChI is InChI=1S/C19H22N4OS/c1-21(18(24)12-16-14-23-10-11-25-19(23)20-16)13-15-6-2-3-7-17(15)22-8-4-5-9-22/h2-3,6-7,10-11,14H,4-5,8-9,12-13H2,1H3. The van der Waals surface area contributed by atoms with Crippen molar-refractivity contribution >= 4 is 27.9 Å². The summed E-state index contributed by atoms with van der Waals surface area (Å²) in [4.78, 5) is 22.3. The van der Waals surface area contributed by atoms with Crippen molar-refractivity contribution in [2.24, 2.45) is 0 Å². The number of carbonyl (C=O) groups excluding carboxylic acids is 1. The Hall–Kier alpha value is -2.34. The molecular formula is C19H22N4OS. The van der Waals surface area contributed by atoms with Gasteiger partial charge in [-0.2, -0.15) is 0 Å². The highest BCUT2D eigenvalue weighted by atomic mass is 32.1. The Bertz CT molecular complexity index is 850. The molecule has 5 nitrogen and oxygen atoms in total. The van der Waals surface area contributed by atoms with Crippen molar-refractivity contribution < 1.29 is 4.79 Å². The van der Waals surface area contributed by atoms with Crippen molar-refractivity contribution in [1.29, 1.82) is 0 Å². The first-order chi connectivity index (χ1) is 12.2. The number of hydrogen-bond donors (Lipinski definition) is 0. The summed E-state index contributed by atoms with van der Waals surface area (Å²) in [6.45, 7) is 2.86. The van der Waals surface area contributed by atoms with Crippen molar-refractivity contribution in [1.82, 2.24) is 14.3 Å². The molecule has 0 radical (unpaired) electrons. The van der Waals surface area contributed by atoms with Crippen LogP contribution in [-0.4, -0.2) is 40.3 Å². The summed E-state index contributed by atoms with van der Waals surface area (Å²) in [7, 11) is 1.88. The molecule has 3 aromatic rings. The predicted molar refractivity (Wildman–Crippen MR) is 101 cm³/mol. The largest absolute Gasteiger partial charge is 0.371 e. The number of para-hydroxylation sites is 1. The third kappa shape index (κ3) is 3.39. The summed E-state index contributed by atoms with van der Waals surface area (Å²) in [6.07, 6.45) is 6.75. The summed E-state index contributed by atoms with van der Waals surface area (Å²) in [5.74, 6) is 0.0991. The van der Waals surface area contributed by atoms with Crippen LogP contribution in [0, 0.1) is 0 Å². The molecule has 0 spiro atoms. The number of imidazole rings is 1. The molecular weight excluding hydrogens is 332 g/mol. The van der Waals surface area contributed by atoms with Crippen molar-refractivity contribution in [3.05, 3.63) is 53.3 Å². The van der Waals surface area contributed by atoms with E-state index in [1.165, 1.54) is 24.1 Å². The van der Waals surface area contributed by atoms with Gasteiger partial charge in [-0.1, -0.05) is 18.2 Å². The molecule has 1 fully saturated rings. The van der Waals surface area contributed by atoms with Gasteiger partial charge in [-0.05, 0) is 24.5 Å². The maximum atomic E-state index is 12.6. The normalized spacial score (nSPS) is 14.4. The third-order valence-corrected chi connectivity index (χ3v) is 5.52. The fourth-order valence-corrected chi connectivity index (χ4v) is 4.12. The van der Waals surface area contributed by atoms with Crippen LogP contribution in [0.15, 0.2) is 42.0 Å². The fraction of sp³-hybridized carbons (Fsp3) is 0.368. The Labute approximate surface area is 151 Å². The van der Waals surface area contributed by atoms with Gasteiger partial charge in [0.05, 0.1) is 12.1 Å². The van der Waals surface area contributed by atoms with Crippen LogP contribution in [-0.2, 0) is 17.8 Å². The molecule has 3 heterocycles. The zero-order valence-corrected chi connectivity index (χ0v) is 15.2. The van der Waals surface area contributed by atoms with Crippen LogP contribution < -0.4 is 4.90 Å². The average molecular weight is 354 g/mol. The van der Waals surface area contributed by atoms with Crippen LogP contribution in [0.1, 0.15) is 24.1 Å². The molecule has 1 saturated heterocycles. The molecule has 130 valence electrons. The Balaban J connectivity index is 1.45. The van der Waals surface area contributed by atoms with Crippen LogP contribution in [0.2, 0.25) is 0 Å². The van der Waals surface area contributed by atoms with E-state index in [1.54, 1.807) is 11.3 Å². The molecule has 1 aliphatic heterocycles. The number of amides is 1. The molecule has 2 aromatic heterocycles. The van der Waals surface area contributed by atoms with Gasteiger partial charge in [0, 0.05) is 50.1 Å². The van der Waals surface area contributed by atoms with Crippen LogP contribution in [0.25, 0.3) is 4.96 Å². The lowest BCUT2D eigenvalue weighted by atomic mass is 10.1. The Kier molecular flexibility index (Phi) is 4.44. The van der Waals surface area contributed by atoms with Gasteiger partial charge in [0.25, 0.3) is 0 Å². The Morgan fingerprint density at radius 1 is 1.28 bits per heavy atom. The van der Waals surface area contributed by atoms with Crippen LogP contribution >= 0.6 is 11.3 Å². The summed E-state index contributed by atoms with van der Waals surface area (Å²) in [5.41, 5.74) is 3.31. The van der Waals surface area contributed by atoms with Crippen LogP contribution in [0.4, 0.5) is 5.69 Å². The fourth-order valence-electron chi connectivity index (χ4n) is 3.41. The number of likely N-dealkylation sites (N-methyl/N-ethyl adjacent to an activating group) is 1. The molecule has 25 heavy (non-hydrogen) atoms.